The fourth-order valence-corrected chi connectivity index (χ4v) is 5.21. The van der Waals surface area contributed by atoms with Crippen LogP contribution in [0.2, 0.25) is 0 Å². The molecule has 3 atom stereocenters. The molecular formula is C26H34N2O4. The molecule has 0 radical (unpaired) electrons. The van der Waals surface area contributed by atoms with Gasteiger partial charge in [0.2, 0.25) is 0 Å². The second kappa shape index (κ2) is 9.57. The molecule has 2 heterocycles. The highest BCUT2D eigenvalue weighted by molar-refractivity contribution is 6.05. The van der Waals surface area contributed by atoms with Crippen LogP contribution in [0.5, 0.6) is 0 Å². The van der Waals surface area contributed by atoms with Crippen molar-refractivity contribution in [2.45, 2.75) is 59.1 Å². The van der Waals surface area contributed by atoms with Crippen LogP contribution in [0.25, 0.3) is 10.9 Å². The van der Waals surface area contributed by atoms with Crippen molar-refractivity contribution in [1.29, 1.82) is 0 Å². The molecule has 1 saturated carbocycles. The van der Waals surface area contributed by atoms with E-state index in [-0.39, 0.29) is 12.7 Å². The number of carbonyl (C=O) groups excluding carboxylic acids is 2. The van der Waals surface area contributed by atoms with Crippen molar-refractivity contribution >= 4 is 22.8 Å². The van der Waals surface area contributed by atoms with Crippen molar-refractivity contribution in [1.82, 2.24) is 9.88 Å². The summed E-state index contributed by atoms with van der Waals surface area (Å²) in [4.78, 5) is 32.7. The van der Waals surface area contributed by atoms with Gasteiger partial charge in [-0.25, -0.2) is 9.59 Å². The SMILES string of the molecule is CC1CCC(C(C)C)C(OC(=O)COC(=O)c2c3c(nc4ccccc24)CCN(C)C3)C1. The highest BCUT2D eigenvalue weighted by Gasteiger charge is 2.34. The Balaban J connectivity index is 1.49. The maximum Gasteiger partial charge on any atom is 0.344 e. The van der Waals surface area contributed by atoms with E-state index in [9.17, 15) is 9.59 Å². The average molecular weight is 439 g/mol. The van der Waals surface area contributed by atoms with Gasteiger partial charge < -0.3 is 14.4 Å². The van der Waals surface area contributed by atoms with Gasteiger partial charge in [-0.05, 0) is 43.7 Å². The minimum Gasteiger partial charge on any atom is -0.460 e. The van der Waals surface area contributed by atoms with Crippen molar-refractivity contribution in [2.75, 3.05) is 20.2 Å². The number of pyridine rings is 1. The predicted octanol–water partition coefficient (Wildman–Crippen LogP) is 4.38. The van der Waals surface area contributed by atoms with Crippen molar-refractivity contribution < 1.29 is 19.1 Å². The smallest absolute Gasteiger partial charge is 0.344 e. The lowest BCUT2D eigenvalue weighted by Gasteiger charge is -2.36. The van der Waals surface area contributed by atoms with Crippen molar-refractivity contribution in [3.8, 4) is 0 Å². The number of ether oxygens (including phenoxy) is 2. The summed E-state index contributed by atoms with van der Waals surface area (Å²) in [6.07, 6.45) is 3.79. The molecule has 0 N–H and O–H groups in total. The van der Waals surface area contributed by atoms with Crippen LogP contribution in [0.4, 0.5) is 0 Å². The van der Waals surface area contributed by atoms with Crippen LogP contribution in [0.3, 0.4) is 0 Å². The molecule has 6 nitrogen and oxygen atoms in total. The largest absolute Gasteiger partial charge is 0.460 e. The van der Waals surface area contributed by atoms with Crippen molar-refractivity contribution in [2.24, 2.45) is 17.8 Å². The van der Waals surface area contributed by atoms with E-state index in [0.717, 1.165) is 48.0 Å². The average Bonchev–Trinajstić information content (AvgIpc) is 2.75. The Morgan fingerprint density at radius 1 is 1.22 bits per heavy atom. The molecule has 2 aromatic rings. The Labute approximate surface area is 190 Å². The normalized spacial score (nSPS) is 23.7. The minimum absolute atomic E-state index is 0.104. The van der Waals surface area contributed by atoms with E-state index >= 15 is 0 Å². The van der Waals surface area contributed by atoms with Crippen LogP contribution in [-0.4, -0.2) is 48.1 Å². The number of hydrogen-bond donors (Lipinski definition) is 0. The second-order valence-corrected chi connectivity index (χ2v) is 9.85. The Bertz CT molecular complexity index is 1000. The molecular weight excluding hydrogens is 404 g/mol. The lowest BCUT2D eigenvalue weighted by Crippen LogP contribution is -2.37. The van der Waals surface area contributed by atoms with Gasteiger partial charge in [-0.15, -0.1) is 0 Å². The summed E-state index contributed by atoms with van der Waals surface area (Å²) in [6.45, 7) is 7.72. The standard InChI is InChI=1S/C26H34N2O4/c1-16(2)18-10-9-17(3)13-23(18)32-24(29)15-31-26(30)25-19-7-5-6-8-21(19)27-22-11-12-28(4)14-20(22)25/h5-8,16-18,23H,9-15H2,1-4H3. The van der Waals surface area contributed by atoms with Gasteiger partial charge in [-0.1, -0.05) is 45.4 Å². The number of rotatable bonds is 5. The van der Waals surface area contributed by atoms with Crippen LogP contribution in [0, 0.1) is 17.8 Å². The number of carbonyl (C=O) groups is 2. The number of fused-ring (bicyclic) bond motifs is 2. The second-order valence-electron chi connectivity index (χ2n) is 9.85. The quantitative estimate of drug-likeness (QED) is 0.645. The molecule has 0 amide bonds. The first-order valence-corrected chi connectivity index (χ1v) is 11.8. The zero-order valence-corrected chi connectivity index (χ0v) is 19.6. The number of likely N-dealkylation sites (N-methyl/N-ethyl adjacent to an activating group) is 1. The van der Waals surface area contributed by atoms with E-state index in [1.54, 1.807) is 0 Å². The maximum atomic E-state index is 13.2. The number of aromatic nitrogens is 1. The molecule has 2 aliphatic rings. The van der Waals surface area contributed by atoms with Gasteiger partial charge in [0.15, 0.2) is 6.61 Å². The molecule has 3 unspecified atom stereocenters. The summed E-state index contributed by atoms with van der Waals surface area (Å²) in [5.41, 5.74) is 3.14. The predicted molar refractivity (Wildman–Crippen MR) is 123 cm³/mol. The zero-order chi connectivity index (χ0) is 22.8. The molecule has 6 heteroatoms. The molecule has 0 spiro atoms. The third-order valence-electron chi connectivity index (χ3n) is 7.01. The molecule has 0 bridgehead atoms. The summed E-state index contributed by atoms with van der Waals surface area (Å²) in [5, 5.41) is 0.765. The van der Waals surface area contributed by atoms with E-state index in [4.69, 9.17) is 14.5 Å². The molecule has 4 rings (SSSR count). The highest BCUT2D eigenvalue weighted by atomic mass is 16.6. The molecule has 1 fully saturated rings. The molecule has 0 saturated heterocycles. The summed E-state index contributed by atoms with van der Waals surface area (Å²) in [7, 11) is 2.03. The number of hydrogen-bond acceptors (Lipinski definition) is 6. The maximum absolute atomic E-state index is 13.2. The first kappa shape index (κ1) is 22.7. The summed E-state index contributed by atoms with van der Waals surface area (Å²) in [6, 6.07) is 7.61. The number of para-hydroxylation sites is 1. The van der Waals surface area contributed by atoms with E-state index in [1.165, 1.54) is 6.42 Å². The van der Waals surface area contributed by atoms with E-state index in [1.807, 2.05) is 31.3 Å². The third-order valence-corrected chi connectivity index (χ3v) is 7.01. The Hall–Kier alpha value is -2.47. The summed E-state index contributed by atoms with van der Waals surface area (Å²) in [5.74, 6) is 0.404. The molecule has 1 aliphatic carbocycles. The van der Waals surface area contributed by atoms with Crippen LogP contribution in [0.1, 0.15) is 61.6 Å². The minimum atomic E-state index is -0.482. The van der Waals surface area contributed by atoms with Gasteiger partial charge >= 0.3 is 11.9 Å². The van der Waals surface area contributed by atoms with Gasteiger partial charge in [0, 0.05) is 36.2 Å². The summed E-state index contributed by atoms with van der Waals surface area (Å²) < 4.78 is 11.3. The molecule has 1 aromatic heterocycles. The van der Waals surface area contributed by atoms with Crippen LogP contribution in [-0.2, 0) is 27.2 Å². The van der Waals surface area contributed by atoms with Gasteiger partial charge in [-0.3, -0.25) is 4.98 Å². The van der Waals surface area contributed by atoms with Crippen molar-refractivity contribution in [3.63, 3.8) is 0 Å². The number of esters is 2. The molecule has 32 heavy (non-hydrogen) atoms. The van der Waals surface area contributed by atoms with Gasteiger partial charge in [0.05, 0.1) is 11.1 Å². The fourth-order valence-electron chi connectivity index (χ4n) is 5.21. The monoisotopic (exact) mass is 438 g/mol. The lowest BCUT2D eigenvalue weighted by atomic mass is 9.75. The highest BCUT2D eigenvalue weighted by Crippen LogP contribution is 2.35. The number of nitrogens with zero attached hydrogens (tertiary/aromatic N) is 2. The Morgan fingerprint density at radius 2 is 2.00 bits per heavy atom. The van der Waals surface area contributed by atoms with Crippen LogP contribution >= 0.6 is 0 Å². The van der Waals surface area contributed by atoms with Gasteiger partial charge in [0.25, 0.3) is 0 Å². The van der Waals surface area contributed by atoms with Crippen molar-refractivity contribution in [3.05, 3.63) is 41.1 Å². The van der Waals surface area contributed by atoms with E-state index in [2.05, 4.69) is 25.7 Å². The first-order chi connectivity index (χ1) is 15.3. The number of benzene rings is 1. The van der Waals surface area contributed by atoms with Crippen LogP contribution in [0.15, 0.2) is 24.3 Å². The van der Waals surface area contributed by atoms with Gasteiger partial charge in [-0.2, -0.15) is 0 Å². The Kier molecular flexibility index (Phi) is 6.79. The molecule has 1 aromatic carbocycles. The van der Waals surface area contributed by atoms with E-state index in [0.29, 0.717) is 29.9 Å². The van der Waals surface area contributed by atoms with Gasteiger partial charge in [0.1, 0.15) is 6.10 Å². The summed E-state index contributed by atoms with van der Waals surface area (Å²) >= 11 is 0. The topological polar surface area (TPSA) is 68.7 Å². The zero-order valence-electron chi connectivity index (χ0n) is 19.6. The third kappa shape index (κ3) is 4.80. The van der Waals surface area contributed by atoms with E-state index < -0.39 is 11.9 Å². The molecule has 1 aliphatic heterocycles. The molecule has 172 valence electrons. The lowest BCUT2D eigenvalue weighted by molar-refractivity contribution is -0.159. The Morgan fingerprint density at radius 3 is 2.78 bits per heavy atom. The fraction of sp³-hybridized carbons (Fsp3) is 0.577. The first-order valence-electron chi connectivity index (χ1n) is 11.8. The van der Waals surface area contributed by atoms with Crippen LogP contribution < -0.4 is 0 Å².